The van der Waals surface area contributed by atoms with E-state index in [2.05, 4.69) is 11.4 Å². The Hall–Kier alpha value is -1.65. The maximum Gasteiger partial charge on any atom is 0.223 e. The van der Waals surface area contributed by atoms with E-state index in [1.807, 2.05) is 42.6 Å². The quantitative estimate of drug-likeness (QED) is 0.826. The molecular weight excluding hydrogens is 282 g/mol. The molecule has 2 rings (SSSR count). The van der Waals surface area contributed by atoms with Crippen LogP contribution >= 0.6 is 11.3 Å². The van der Waals surface area contributed by atoms with Crippen LogP contribution in [0.5, 0.6) is 0 Å². The van der Waals surface area contributed by atoms with Gasteiger partial charge in [-0.05, 0) is 35.4 Å². The van der Waals surface area contributed by atoms with Crippen LogP contribution in [-0.4, -0.2) is 17.6 Å². The molecule has 0 spiro atoms. The van der Waals surface area contributed by atoms with Crippen LogP contribution in [0.25, 0.3) is 0 Å². The van der Waals surface area contributed by atoms with E-state index in [9.17, 15) is 4.79 Å². The van der Waals surface area contributed by atoms with E-state index in [0.717, 1.165) is 18.4 Å². The van der Waals surface area contributed by atoms with Crippen LogP contribution in [0.2, 0.25) is 0 Å². The van der Waals surface area contributed by atoms with E-state index in [4.69, 9.17) is 5.11 Å². The number of carbonyl (C=O) groups excluding carboxylic acids is 1. The fraction of sp³-hybridized carbons (Fsp3) is 0.353. The third kappa shape index (κ3) is 4.99. The van der Waals surface area contributed by atoms with Crippen molar-refractivity contribution in [2.75, 3.05) is 6.54 Å². The number of hydrogen-bond donors (Lipinski definition) is 2. The van der Waals surface area contributed by atoms with Crippen LogP contribution in [0.1, 0.15) is 22.9 Å². The molecule has 1 aromatic heterocycles. The van der Waals surface area contributed by atoms with Crippen LogP contribution in [0.3, 0.4) is 0 Å². The second-order valence-corrected chi connectivity index (χ2v) is 6.23. The lowest BCUT2D eigenvalue weighted by molar-refractivity contribution is -0.124. The third-order valence-electron chi connectivity index (χ3n) is 3.45. The minimum Gasteiger partial charge on any atom is -0.392 e. The molecule has 0 aliphatic carbocycles. The predicted molar refractivity (Wildman–Crippen MR) is 86.3 cm³/mol. The number of benzene rings is 1. The first-order chi connectivity index (χ1) is 10.2. The van der Waals surface area contributed by atoms with Gasteiger partial charge >= 0.3 is 0 Å². The maximum absolute atomic E-state index is 12.0. The lowest BCUT2D eigenvalue weighted by Gasteiger charge is -2.11. The molecule has 1 heterocycles. The van der Waals surface area contributed by atoms with Gasteiger partial charge in [0, 0.05) is 17.3 Å². The highest BCUT2D eigenvalue weighted by molar-refractivity contribution is 7.09. The number of carbonyl (C=O) groups is 1. The van der Waals surface area contributed by atoms with E-state index in [1.165, 1.54) is 10.4 Å². The summed E-state index contributed by atoms with van der Waals surface area (Å²) >= 11 is 1.69. The molecule has 0 fully saturated rings. The van der Waals surface area contributed by atoms with Gasteiger partial charge < -0.3 is 10.4 Å². The van der Waals surface area contributed by atoms with Crippen LogP contribution in [0, 0.1) is 5.92 Å². The van der Waals surface area contributed by atoms with E-state index in [0.29, 0.717) is 6.54 Å². The van der Waals surface area contributed by atoms with E-state index < -0.39 is 0 Å². The number of hydrogen-bond acceptors (Lipinski definition) is 3. The van der Waals surface area contributed by atoms with Crippen molar-refractivity contribution in [1.82, 2.24) is 5.32 Å². The number of aliphatic hydroxyl groups is 1. The average Bonchev–Trinajstić information content (AvgIpc) is 3.00. The summed E-state index contributed by atoms with van der Waals surface area (Å²) in [4.78, 5) is 13.3. The lowest BCUT2D eigenvalue weighted by Crippen LogP contribution is -2.31. The Morgan fingerprint density at radius 3 is 2.57 bits per heavy atom. The van der Waals surface area contributed by atoms with Crippen molar-refractivity contribution < 1.29 is 9.90 Å². The second kappa shape index (κ2) is 7.96. The van der Waals surface area contributed by atoms with Gasteiger partial charge in [-0.2, -0.15) is 0 Å². The van der Waals surface area contributed by atoms with Gasteiger partial charge in [-0.15, -0.1) is 11.3 Å². The monoisotopic (exact) mass is 303 g/mol. The van der Waals surface area contributed by atoms with Crippen LogP contribution in [0.15, 0.2) is 41.8 Å². The number of thiophene rings is 1. The Morgan fingerprint density at radius 2 is 1.95 bits per heavy atom. The molecule has 0 bridgehead atoms. The highest BCUT2D eigenvalue weighted by atomic mass is 32.1. The first-order valence-corrected chi connectivity index (χ1v) is 8.06. The molecule has 0 saturated carbocycles. The van der Waals surface area contributed by atoms with Gasteiger partial charge in [-0.1, -0.05) is 37.3 Å². The molecule has 1 unspecified atom stereocenters. The molecule has 21 heavy (non-hydrogen) atoms. The summed E-state index contributed by atoms with van der Waals surface area (Å²) in [5, 5.41) is 14.0. The Kier molecular flexibility index (Phi) is 5.96. The van der Waals surface area contributed by atoms with Crippen molar-refractivity contribution in [2.45, 2.75) is 26.4 Å². The van der Waals surface area contributed by atoms with Crippen molar-refractivity contribution in [3.63, 3.8) is 0 Å². The summed E-state index contributed by atoms with van der Waals surface area (Å²) in [6.07, 6.45) is 1.61. The van der Waals surface area contributed by atoms with Gasteiger partial charge in [0.15, 0.2) is 0 Å². The molecule has 1 aromatic carbocycles. The molecule has 0 radical (unpaired) electrons. The Morgan fingerprint density at radius 1 is 1.24 bits per heavy atom. The van der Waals surface area contributed by atoms with Gasteiger partial charge in [0.05, 0.1) is 6.61 Å². The summed E-state index contributed by atoms with van der Waals surface area (Å²) in [6, 6.07) is 11.9. The van der Waals surface area contributed by atoms with Crippen molar-refractivity contribution in [3.8, 4) is 0 Å². The van der Waals surface area contributed by atoms with Crippen LogP contribution in [0.4, 0.5) is 0 Å². The second-order valence-electron chi connectivity index (χ2n) is 5.20. The topological polar surface area (TPSA) is 49.3 Å². The summed E-state index contributed by atoms with van der Waals surface area (Å²) < 4.78 is 0. The van der Waals surface area contributed by atoms with Crippen molar-refractivity contribution >= 4 is 17.2 Å². The first kappa shape index (κ1) is 15.7. The normalized spacial score (nSPS) is 12.1. The van der Waals surface area contributed by atoms with E-state index in [-0.39, 0.29) is 18.4 Å². The average molecular weight is 303 g/mol. The number of rotatable bonds is 7. The molecular formula is C17H21NO2S. The van der Waals surface area contributed by atoms with Crippen molar-refractivity contribution in [1.29, 1.82) is 0 Å². The largest absolute Gasteiger partial charge is 0.392 e. The molecule has 3 nitrogen and oxygen atoms in total. The molecule has 1 atom stereocenters. The fourth-order valence-electron chi connectivity index (χ4n) is 2.14. The number of aliphatic hydroxyl groups excluding tert-OH is 1. The summed E-state index contributed by atoms with van der Waals surface area (Å²) in [5.74, 6) is 0.107. The SMILES string of the molecule is CC(Cc1cccs1)C(=O)NCCc1ccc(CO)cc1. The smallest absolute Gasteiger partial charge is 0.223 e. The van der Waals surface area contributed by atoms with Gasteiger partial charge in [0.2, 0.25) is 5.91 Å². The molecule has 112 valence electrons. The van der Waals surface area contributed by atoms with Crippen molar-refractivity contribution in [3.05, 3.63) is 57.8 Å². The minimum absolute atomic E-state index is 0.000384. The first-order valence-electron chi connectivity index (χ1n) is 7.18. The molecule has 4 heteroatoms. The molecule has 2 aromatic rings. The Bertz CT molecular complexity index is 549. The fourth-order valence-corrected chi connectivity index (χ4v) is 2.97. The van der Waals surface area contributed by atoms with Gasteiger partial charge in [-0.25, -0.2) is 0 Å². The lowest BCUT2D eigenvalue weighted by atomic mass is 10.1. The molecule has 0 saturated heterocycles. The summed E-state index contributed by atoms with van der Waals surface area (Å²) in [6.45, 7) is 2.68. The number of amides is 1. The summed E-state index contributed by atoms with van der Waals surface area (Å²) in [5.41, 5.74) is 2.07. The predicted octanol–water partition coefficient (Wildman–Crippen LogP) is 2.78. The molecule has 2 N–H and O–H groups in total. The number of nitrogens with one attached hydrogen (secondary N) is 1. The standard InChI is InChI=1S/C17H21NO2S/c1-13(11-16-3-2-10-21-16)17(20)18-9-8-14-4-6-15(12-19)7-5-14/h2-7,10,13,19H,8-9,11-12H2,1H3,(H,18,20). The van der Waals surface area contributed by atoms with E-state index in [1.54, 1.807) is 11.3 Å². The highest BCUT2D eigenvalue weighted by Gasteiger charge is 2.13. The molecule has 1 amide bonds. The van der Waals surface area contributed by atoms with Crippen LogP contribution in [-0.2, 0) is 24.2 Å². The van der Waals surface area contributed by atoms with Gasteiger partial charge in [0.1, 0.15) is 0 Å². The Labute approximate surface area is 129 Å². The van der Waals surface area contributed by atoms with Crippen LogP contribution < -0.4 is 5.32 Å². The highest BCUT2D eigenvalue weighted by Crippen LogP contribution is 2.14. The molecule has 0 aliphatic heterocycles. The maximum atomic E-state index is 12.0. The van der Waals surface area contributed by atoms with E-state index >= 15 is 0 Å². The Balaban J connectivity index is 1.73. The summed E-state index contributed by atoms with van der Waals surface area (Å²) in [7, 11) is 0. The minimum atomic E-state index is 0.000384. The zero-order valence-electron chi connectivity index (χ0n) is 12.2. The molecule has 0 aliphatic rings. The van der Waals surface area contributed by atoms with Gasteiger partial charge in [0.25, 0.3) is 0 Å². The zero-order chi connectivity index (χ0) is 15.1. The van der Waals surface area contributed by atoms with Crippen molar-refractivity contribution in [2.24, 2.45) is 5.92 Å². The van der Waals surface area contributed by atoms with Gasteiger partial charge in [-0.3, -0.25) is 4.79 Å². The third-order valence-corrected chi connectivity index (χ3v) is 4.35. The zero-order valence-corrected chi connectivity index (χ0v) is 13.0.